The monoisotopic (exact) mass is 862 g/mol. The number of thiazole rings is 1. The van der Waals surface area contributed by atoms with Gasteiger partial charge in [-0.2, -0.15) is 5.10 Å². The number of aromatic nitrogens is 5. The number of hydrogen-bond acceptors (Lipinski definition) is 12. The maximum atomic E-state index is 14.1. The maximum Gasteiger partial charge on any atom is 0.246 e. The normalized spacial score (nSPS) is 18.7. The van der Waals surface area contributed by atoms with Gasteiger partial charge in [-0.25, -0.2) is 4.98 Å². The second-order valence-electron chi connectivity index (χ2n) is 17.7. The summed E-state index contributed by atoms with van der Waals surface area (Å²) < 4.78 is 1.95. The number of anilines is 1. The molecule has 0 aliphatic carbocycles. The first-order valence-corrected chi connectivity index (χ1v) is 22.3. The fourth-order valence-corrected chi connectivity index (χ4v) is 9.27. The van der Waals surface area contributed by atoms with Crippen LogP contribution in [0.15, 0.2) is 72.5 Å². The number of carbonyl (C=O) groups excluding carboxylic acids is 3. The predicted octanol–water partition coefficient (Wildman–Crippen LogP) is 5.42. The highest BCUT2D eigenvalue weighted by molar-refractivity contribution is 7.13. The van der Waals surface area contributed by atoms with Gasteiger partial charge in [0.15, 0.2) is 5.82 Å². The van der Waals surface area contributed by atoms with E-state index in [-0.39, 0.29) is 49.4 Å². The highest BCUT2D eigenvalue weighted by Crippen LogP contribution is 2.33. The molecule has 2 saturated heterocycles. The summed E-state index contributed by atoms with van der Waals surface area (Å²) in [6, 6.07) is 15.0. The lowest BCUT2D eigenvalue weighted by atomic mass is 9.85. The molecule has 0 radical (unpaired) electrons. The fourth-order valence-electron chi connectivity index (χ4n) is 8.46. The van der Waals surface area contributed by atoms with Crippen molar-refractivity contribution in [1.29, 1.82) is 0 Å². The molecule has 3 amide bonds. The molecule has 328 valence electrons. The molecule has 3 aromatic heterocycles. The maximum absolute atomic E-state index is 14.1. The van der Waals surface area contributed by atoms with Crippen LogP contribution in [-0.2, 0) is 27.5 Å². The van der Waals surface area contributed by atoms with Crippen molar-refractivity contribution >= 4 is 34.9 Å². The van der Waals surface area contributed by atoms with E-state index in [0.29, 0.717) is 35.0 Å². The van der Waals surface area contributed by atoms with Gasteiger partial charge in [0.25, 0.3) is 0 Å². The van der Waals surface area contributed by atoms with E-state index in [4.69, 9.17) is 5.73 Å². The number of piperidine rings is 1. The van der Waals surface area contributed by atoms with E-state index in [2.05, 4.69) is 35.8 Å². The number of aromatic hydroxyl groups is 1. The van der Waals surface area contributed by atoms with Gasteiger partial charge in [0.2, 0.25) is 17.7 Å². The van der Waals surface area contributed by atoms with Crippen LogP contribution in [0.5, 0.6) is 5.75 Å². The Morgan fingerprint density at radius 1 is 1.02 bits per heavy atom. The molecule has 5 aromatic rings. The molecule has 62 heavy (non-hydrogen) atoms. The van der Waals surface area contributed by atoms with Crippen molar-refractivity contribution in [3.8, 4) is 38.6 Å². The van der Waals surface area contributed by atoms with Crippen LogP contribution in [0.2, 0.25) is 0 Å². The first kappa shape index (κ1) is 44.3. The lowest BCUT2D eigenvalue weighted by Crippen LogP contribution is -2.57. The van der Waals surface area contributed by atoms with Gasteiger partial charge in [0, 0.05) is 61.9 Å². The number of hydrogen-bond donors (Lipinski definition) is 5. The van der Waals surface area contributed by atoms with Crippen LogP contribution in [0.3, 0.4) is 0 Å². The van der Waals surface area contributed by atoms with Gasteiger partial charge in [0.05, 0.1) is 34.1 Å². The second kappa shape index (κ2) is 19.6. The smallest absolute Gasteiger partial charge is 0.246 e. The molecule has 5 heterocycles. The molecular weight excluding hydrogens is 805 g/mol. The Bertz CT molecular complexity index is 2340. The van der Waals surface area contributed by atoms with Crippen molar-refractivity contribution in [2.24, 2.45) is 11.3 Å². The Kier molecular flexibility index (Phi) is 14.0. The number of para-hydroxylation sites is 1. The lowest BCUT2D eigenvalue weighted by molar-refractivity contribution is -0.144. The van der Waals surface area contributed by atoms with Gasteiger partial charge in [-0.05, 0) is 86.4 Å². The van der Waals surface area contributed by atoms with Crippen LogP contribution in [-0.4, -0.2) is 107 Å². The topological polar surface area (TPSA) is 205 Å². The molecule has 2 aromatic carbocycles. The number of rotatable bonds is 15. The summed E-state index contributed by atoms with van der Waals surface area (Å²) in [6.07, 6.45) is 6.99. The summed E-state index contributed by atoms with van der Waals surface area (Å²) in [5, 5.41) is 39.9. The molecular formula is C46H58N10O5S. The first-order chi connectivity index (χ1) is 29.7. The van der Waals surface area contributed by atoms with Crippen molar-refractivity contribution in [3.05, 3.63) is 83.8 Å². The average Bonchev–Trinajstić information content (AvgIpc) is 4.01. The van der Waals surface area contributed by atoms with Gasteiger partial charge in [-0.1, -0.05) is 57.2 Å². The Morgan fingerprint density at radius 2 is 1.81 bits per heavy atom. The van der Waals surface area contributed by atoms with Gasteiger partial charge in [-0.15, -0.1) is 21.5 Å². The van der Waals surface area contributed by atoms with Gasteiger partial charge < -0.3 is 36.4 Å². The minimum atomic E-state index is -0.866. The summed E-state index contributed by atoms with van der Waals surface area (Å²) in [5.41, 5.74) is 13.0. The standard InChI is InChI=1S/C46H58N10O5S/c1-29-41(62-28-49-29)32-16-14-30(15-17-32)22-48-44(60)38-20-34(57)27-56(38)45(61)42(46(2,3)4)51-40(59)13-7-8-18-54-19-9-10-31(24-54)25-55-26-33(23-50-55)36-21-37(52-53-43(36)47)35-11-5-6-12-39(35)58/h5-6,11-12,14-17,21,23,26,28,31,34,38,42,57-58H,7-10,13,18-20,22,24-25,27H2,1-4H3,(H2,47,53)(H,48,60)(H,51,59)/t31-,34-,38+,42-/m1/s1. The number of amides is 3. The van der Waals surface area contributed by atoms with Crippen molar-refractivity contribution in [2.45, 2.75) is 97.5 Å². The molecule has 16 heteroatoms. The van der Waals surface area contributed by atoms with E-state index in [1.54, 1.807) is 35.7 Å². The number of nitrogens with one attached hydrogen (secondary N) is 2. The van der Waals surface area contributed by atoms with Crippen LogP contribution in [0.4, 0.5) is 5.82 Å². The van der Waals surface area contributed by atoms with E-state index >= 15 is 0 Å². The van der Waals surface area contributed by atoms with E-state index in [9.17, 15) is 24.6 Å². The van der Waals surface area contributed by atoms with Crippen LogP contribution in [0.1, 0.15) is 70.6 Å². The third-order valence-electron chi connectivity index (χ3n) is 11.8. The van der Waals surface area contributed by atoms with E-state index in [1.165, 1.54) is 4.90 Å². The van der Waals surface area contributed by atoms with Crippen LogP contribution in [0, 0.1) is 18.3 Å². The highest BCUT2D eigenvalue weighted by Gasteiger charge is 2.44. The molecule has 7 rings (SSSR count). The first-order valence-electron chi connectivity index (χ1n) is 21.4. The summed E-state index contributed by atoms with van der Waals surface area (Å²) in [6.45, 7) is 11.5. The number of phenolic OH excluding ortho intramolecular Hbond substituents is 1. The number of likely N-dealkylation sites (tertiary alicyclic amines) is 2. The predicted molar refractivity (Wildman–Crippen MR) is 239 cm³/mol. The Labute approximate surface area is 366 Å². The minimum Gasteiger partial charge on any atom is -0.507 e. The molecule has 2 fully saturated rings. The number of aliphatic hydroxyl groups excluding tert-OH is 1. The van der Waals surface area contributed by atoms with Gasteiger partial charge >= 0.3 is 0 Å². The molecule has 6 N–H and O–H groups in total. The van der Waals surface area contributed by atoms with Crippen LogP contribution >= 0.6 is 11.3 Å². The SMILES string of the molecule is Cc1ncsc1-c1ccc(CNC(=O)[C@@H]2C[C@@H](O)CN2C(=O)[C@@H](NC(=O)CCCCN2CCC[C@@H](Cn3cc(-c4cc(-c5ccccc5O)nnc4N)cn3)C2)C(C)(C)C)cc1. The minimum absolute atomic E-state index is 0.0270. The molecule has 2 aliphatic rings. The zero-order chi connectivity index (χ0) is 44.0. The number of nitrogens with zero attached hydrogens (tertiary/aromatic N) is 7. The molecule has 2 aliphatic heterocycles. The Morgan fingerprint density at radius 3 is 2.55 bits per heavy atom. The number of nitrogens with two attached hydrogens (primary N) is 1. The summed E-state index contributed by atoms with van der Waals surface area (Å²) in [7, 11) is 0. The molecule has 15 nitrogen and oxygen atoms in total. The van der Waals surface area contributed by atoms with Gasteiger partial charge in [0.1, 0.15) is 17.8 Å². The molecule has 0 saturated carbocycles. The summed E-state index contributed by atoms with van der Waals surface area (Å²) in [5.74, 6) is -0.0943. The van der Waals surface area contributed by atoms with Gasteiger partial charge in [-0.3, -0.25) is 19.1 Å². The third kappa shape index (κ3) is 10.8. The zero-order valence-electron chi connectivity index (χ0n) is 36.0. The lowest BCUT2D eigenvalue weighted by Gasteiger charge is -2.35. The highest BCUT2D eigenvalue weighted by atomic mass is 32.1. The van der Waals surface area contributed by atoms with Crippen LogP contribution in [0.25, 0.3) is 32.8 Å². The number of aliphatic hydroxyl groups is 1. The van der Waals surface area contributed by atoms with E-state index in [0.717, 1.165) is 72.7 Å². The number of phenols is 1. The summed E-state index contributed by atoms with van der Waals surface area (Å²) >= 11 is 1.58. The largest absolute Gasteiger partial charge is 0.507 e. The number of benzene rings is 2. The summed E-state index contributed by atoms with van der Waals surface area (Å²) in [4.78, 5) is 50.2. The van der Waals surface area contributed by atoms with Crippen molar-refractivity contribution < 1.29 is 24.6 Å². The molecule has 0 bridgehead atoms. The number of β-amino-alcohol motifs (C(OH)–C–C–N with tert-alkyl or cyclic N) is 1. The van der Waals surface area contributed by atoms with Crippen molar-refractivity contribution in [2.75, 3.05) is 31.9 Å². The molecule has 0 unspecified atom stereocenters. The van der Waals surface area contributed by atoms with Crippen molar-refractivity contribution in [1.82, 2.24) is 45.4 Å². The average molecular weight is 863 g/mol. The second-order valence-corrected chi connectivity index (χ2v) is 18.6. The number of unbranched alkanes of at least 4 members (excludes halogenated alkanes) is 1. The molecule has 0 spiro atoms. The number of aryl methyl sites for hydroxylation is 1. The van der Waals surface area contributed by atoms with Crippen LogP contribution < -0.4 is 16.4 Å². The third-order valence-corrected chi connectivity index (χ3v) is 12.8. The fraction of sp³-hybridized carbons (Fsp3) is 0.457. The molecule has 4 atom stereocenters. The quantitative estimate of drug-likeness (QED) is 0.0842. The van der Waals surface area contributed by atoms with E-state index in [1.807, 2.05) is 80.5 Å². The number of nitrogen functional groups attached to an aromatic ring is 1. The van der Waals surface area contributed by atoms with Crippen molar-refractivity contribution in [3.63, 3.8) is 0 Å². The Hall–Kier alpha value is -5.71. The van der Waals surface area contributed by atoms with E-state index < -0.39 is 23.6 Å². The Balaban J connectivity index is 0.866. The zero-order valence-corrected chi connectivity index (χ0v) is 36.8. The number of carbonyl (C=O) groups is 3.